The summed E-state index contributed by atoms with van der Waals surface area (Å²) in [4.78, 5) is 19.6. The molecule has 1 aliphatic heterocycles. The molecule has 0 amide bonds. The lowest BCUT2D eigenvalue weighted by Gasteiger charge is -2.13. The fourth-order valence-corrected chi connectivity index (χ4v) is 3.98. The van der Waals surface area contributed by atoms with Gasteiger partial charge in [0.15, 0.2) is 4.77 Å². The maximum Gasteiger partial charge on any atom is 0.262 e. The van der Waals surface area contributed by atoms with Gasteiger partial charge in [-0.3, -0.25) is 19.3 Å². The molecule has 0 fully saturated rings. The molecule has 4 aromatic rings. The molecule has 6 nitrogen and oxygen atoms in total. The first kappa shape index (κ1) is 20.9. The number of aliphatic imine (C=N–C) groups is 1. The van der Waals surface area contributed by atoms with Crippen LogP contribution in [0.1, 0.15) is 11.1 Å². The van der Waals surface area contributed by atoms with Gasteiger partial charge in [-0.1, -0.05) is 29.8 Å². The minimum absolute atomic E-state index is 0.0579. The summed E-state index contributed by atoms with van der Waals surface area (Å²) >= 11 is 11.4. The van der Waals surface area contributed by atoms with Gasteiger partial charge >= 0.3 is 0 Å². The zero-order valence-electron chi connectivity index (χ0n) is 17.0. The van der Waals surface area contributed by atoms with Crippen molar-refractivity contribution in [3.05, 3.63) is 104 Å². The highest BCUT2D eigenvalue weighted by atomic mass is 35.5. The van der Waals surface area contributed by atoms with Gasteiger partial charge in [-0.05, 0) is 72.9 Å². The molecule has 0 spiro atoms. The normalized spacial score (nSPS) is 13.3. The lowest BCUT2D eigenvalue weighted by Crippen LogP contribution is -2.16. The molecule has 2 heterocycles. The van der Waals surface area contributed by atoms with Gasteiger partial charge in [0.05, 0.1) is 11.4 Å². The minimum Gasteiger partial charge on any atom is -0.494 e. The summed E-state index contributed by atoms with van der Waals surface area (Å²) in [5.74, 6) is 1.05. The number of hydrogen-bond acceptors (Lipinski definition) is 5. The largest absolute Gasteiger partial charge is 0.494 e. The first-order valence-corrected chi connectivity index (χ1v) is 10.8. The molecule has 0 atom stereocenters. The third-order valence-corrected chi connectivity index (χ3v) is 5.63. The molecule has 1 aliphatic rings. The number of rotatable bonds is 4. The lowest BCUT2D eigenvalue weighted by atomic mass is 10.1. The van der Waals surface area contributed by atoms with E-state index in [1.165, 1.54) is 4.57 Å². The van der Waals surface area contributed by atoms with Crippen LogP contribution in [0, 0.1) is 4.77 Å². The van der Waals surface area contributed by atoms with Gasteiger partial charge in [-0.15, -0.1) is 0 Å². The molecule has 0 aliphatic carbocycles. The maximum absolute atomic E-state index is 12.6. The second-order valence-electron chi connectivity index (χ2n) is 7.26. The Labute approximate surface area is 198 Å². The van der Waals surface area contributed by atoms with E-state index in [-0.39, 0.29) is 16.2 Å². The van der Waals surface area contributed by atoms with Crippen molar-refractivity contribution in [2.24, 2.45) is 4.99 Å². The second-order valence-corrected chi connectivity index (χ2v) is 8.08. The second kappa shape index (κ2) is 8.54. The average Bonchev–Trinajstić information content (AvgIpc) is 3.20. The Morgan fingerprint density at radius 3 is 2.52 bits per heavy atom. The lowest BCUT2D eigenvalue weighted by molar-refractivity contribution is 0.431. The van der Waals surface area contributed by atoms with E-state index in [9.17, 15) is 9.90 Å². The van der Waals surface area contributed by atoms with Crippen molar-refractivity contribution in [1.29, 1.82) is 0 Å². The molecular formula is C25H16ClN3O3S. The number of para-hydroxylation sites is 1. The summed E-state index contributed by atoms with van der Waals surface area (Å²) in [7, 11) is 0. The summed E-state index contributed by atoms with van der Waals surface area (Å²) in [6, 6.07) is 21.7. The molecule has 8 heteroatoms. The summed E-state index contributed by atoms with van der Waals surface area (Å²) in [5.41, 5.74) is 2.29. The number of nitrogens with one attached hydrogen (secondary N) is 1. The van der Waals surface area contributed by atoms with Crippen LogP contribution in [0.25, 0.3) is 17.3 Å². The van der Waals surface area contributed by atoms with E-state index in [1.807, 2.05) is 30.3 Å². The Morgan fingerprint density at radius 1 is 1.03 bits per heavy atom. The van der Waals surface area contributed by atoms with Crippen molar-refractivity contribution in [2.75, 3.05) is 0 Å². The van der Waals surface area contributed by atoms with E-state index in [0.717, 1.165) is 11.3 Å². The highest BCUT2D eigenvalue weighted by Gasteiger charge is 2.17. The molecular weight excluding hydrogens is 458 g/mol. The van der Waals surface area contributed by atoms with Crippen molar-refractivity contribution < 1.29 is 9.84 Å². The highest BCUT2D eigenvalue weighted by Crippen LogP contribution is 2.35. The fourth-order valence-electron chi connectivity index (χ4n) is 3.53. The van der Waals surface area contributed by atoms with Crippen LogP contribution in [0.4, 0.5) is 5.69 Å². The van der Waals surface area contributed by atoms with Crippen LogP contribution in [-0.4, -0.2) is 20.9 Å². The number of nitrogens with zero attached hydrogens (tertiary/aromatic N) is 2. The standard InChI is InChI=1S/C25H16ClN3O3S/c26-16-6-11-22-20(13-16)15(14-27-22)12-21-23(30)28-25(33)29(24(21)31)17-7-9-19(10-8-17)32-18-4-2-1-3-5-18/h1-14,31H,(H,28,30,33). The van der Waals surface area contributed by atoms with E-state index in [1.54, 1.807) is 54.8 Å². The number of aromatic nitrogens is 2. The number of aromatic hydroxyl groups is 1. The van der Waals surface area contributed by atoms with E-state index < -0.39 is 5.56 Å². The number of fused-ring (bicyclic) bond motifs is 1. The van der Waals surface area contributed by atoms with Gasteiger partial charge < -0.3 is 9.84 Å². The Bertz CT molecular complexity index is 1540. The molecule has 3 aromatic carbocycles. The van der Waals surface area contributed by atoms with Crippen LogP contribution in [0.5, 0.6) is 17.4 Å². The SMILES string of the molecule is O=c1[nH]c(=S)n(-c2ccc(Oc3ccccc3)cc2)c(O)c1C=C1C=Nc2ccc(Cl)cc21. The Kier molecular flexibility index (Phi) is 5.42. The van der Waals surface area contributed by atoms with Gasteiger partial charge in [0, 0.05) is 22.4 Å². The van der Waals surface area contributed by atoms with Gasteiger partial charge in [-0.25, -0.2) is 0 Å². The van der Waals surface area contributed by atoms with Crippen LogP contribution in [0.2, 0.25) is 5.02 Å². The number of aromatic amines is 1. The Balaban J connectivity index is 1.54. The van der Waals surface area contributed by atoms with Gasteiger partial charge in [-0.2, -0.15) is 0 Å². The molecule has 33 heavy (non-hydrogen) atoms. The molecule has 0 saturated heterocycles. The molecule has 162 valence electrons. The van der Waals surface area contributed by atoms with Crippen LogP contribution in [-0.2, 0) is 0 Å². The van der Waals surface area contributed by atoms with Crippen LogP contribution in [0.15, 0.2) is 82.6 Å². The predicted molar refractivity (Wildman–Crippen MR) is 133 cm³/mol. The van der Waals surface area contributed by atoms with Gasteiger partial charge in [0.25, 0.3) is 5.56 Å². The zero-order valence-corrected chi connectivity index (χ0v) is 18.6. The summed E-state index contributed by atoms with van der Waals surface area (Å²) in [6.45, 7) is 0. The van der Waals surface area contributed by atoms with Crippen LogP contribution in [0.3, 0.4) is 0 Å². The van der Waals surface area contributed by atoms with Gasteiger partial charge in [0.2, 0.25) is 5.88 Å². The monoisotopic (exact) mass is 473 g/mol. The number of H-pyrrole nitrogens is 1. The smallest absolute Gasteiger partial charge is 0.262 e. The fraction of sp³-hybridized carbons (Fsp3) is 0. The molecule has 2 N–H and O–H groups in total. The Morgan fingerprint density at radius 2 is 1.76 bits per heavy atom. The van der Waals surface area contributed by atoms with Crippen molar-refractivity contribution in [2.45, 2.75) is 0 Å². The van der Waals surface area contributed by atoms with Crippen molar-refractivity contribution in [3.63, 3.8) is 0 Å². The summed E-state index contributed by atoms with van der Waals surface area (Å²) in [6.07, 6.45) is 3.19. The molecule has 0 bridgehead atoms. The molecule has 0 saturated carbocycles. The molecule has 5 rings (SSSR count). The van der Waals surface area contributed by atoms with Crippen molar-refractivity contribution >= 4 is 47.4 Å². The van der Waals surface area contributed by atoms with Crippen molar-refractivity contribution in [3.8, 4) is 23.1 Å². The third kappa shape index (κ3) is 4.11. The maximum atomic E-state index is 12.6. The number of benzene rings is 3. The average molecular weight is 474 g/mol. The van der Waals surface area contributed by atoms with Crippen LogP contribution >= 0.6 is 23.8 Å². The number of halogens is 1. The third-order valence-electron chi connectivity index (χ3n) is 5.11. The van der Waals surface area contributed by atoms with E-state index >= 15 is 0 Å². The van der Waals surface area contributed by atoms with Gasteiger partial charge in [0.1, 0.15) is 17.1 Å². The predicted octanol–water partition coefficient (Wildman–Crippen LogP) is 6.30. The van der Waals surface area contributed by atoms with Crippen LogP contribution < -0.4 is 10.3 Å². The first-order valence-electron chi connectivity index (χ1n) is 9.97. The van der Waals surface area contributed by atoms with E-state index in [4.69, 9.17) is 28.6 Å². The van der Waals surface area contributed by atoms with E-state index in [2.05, 4.69) is 9.98 Å². The number of ether oxygens (including phenoxy) is 1. The topological polar surface area (TPSA) is 79.6 Å². The minimum atomic E-state index is -0.505. The molecule has 1 aromatic heterocycles. The van der Waals surface area contributed by atoms with E-state index in [0.29, 0.717) is 27.8 Å². The molecule has 0 radical (unpaired) electrons. The summed E-state index contributed by atoms with van der Waals surface area (Å²) in [5, 5.41) is 11.6. The zero-order chi connectivity index (χ0) is 22.9. The van der Waals surface area contributed by atoms with Crippen molar-refractivity contribution in [1.82, 2.24) is 9.55 Å². The quantitative estimate of drug-likeness (QED) is 0.341. The molecule has 0 unspecified atom stereocenters. The summed E-state index contributed by atoms with van der Waals surface area (Å²) < 4.78 is 7.27. The Hall–Kier alpha value is -3.94. The first-order chi connectivity index (χ1) is 16.0. The highest BCUT2D eigenvalue weighted by molar-refractivity contribution is 7.71. The number of allylic oxidation sites excluding steroid dienone is 1. The number of hydrogen-bond donors (Lipinski definition) is 2.